The molecular weight excluding hydrogens is 336 g/mol. The van der Waals surface area contributed by atoms with Crippen molar-refractivity contribution in [2.75, 3.05) is 26.7 Å². The lowest BCUT2D eigenvalue weighted by atomic mass is 10.1. The van der Waals surface area contributed by atoms with Gasteiger partial charge in [-0.15, -0.1) is 0 Å². The molecule has 1 aromatic heterocycles. The maximum atomic E-state index is 12.0. The number of guanidine groups is 1. The Morgan fingerprint density at radius 2 is 2.12 bits per heavy atom. The van der Waals surface area contributed by atoms with Gasteiger partial charge >= 0.3 is 6.09 Å². The number of carbonyl (C=O) groups is 1. The molecule has 1 aromatic rings. The number of amides is 1. The van der Waals surface area contributed by atoms with Crippen LogP contribution in [0.5, 0.6) is 0 Å². The molecule has 0 aliphatic heterocycles. The molecule has 7 heteroatoms. The van der Waals surface area contributed by atoms with Crippen molar-refractivity contribution < 1.29 is 9.53 Å². The lowest BCUT2D eigenvalue weighted by molar-refractivity contribution is 0.0278. The highest BCUT2D eigenvalue weighted by Crippen LogP contribution is 2.10. The number of carbonyl (C=O) groups excluding carboxylic acids is 1. The van der Waals surface area contributed by atoms with Gasteiger partial charge in [-0.2, -0.15) is 11.3 Å². The summed E-state index contributed by atoms with van der Waals surface area (Å²) in [5.74, 6) is 1.06. The topological polar surface area (TPSA) is 66.0 Å². The fourth-order valence-corrected chi connectivity index (χ4v) is 2.77. The van der Waals surface area contributed by atoms with Crippen molar-refractivity contribution in [3.05, 3.63) is 22.4 Å². The molecular formula is C18H32N4O2S. The summed E-state index contributed by atoms with van der Waals surface area (Å²) in [6, 6.07) is 2.08. The highest BCUT2D eigenvalue weighted by molar-refractivity contribution is 7.07. The quantitative estimate of drug-likeness (QED) is 0.572. The first-order valence-electron chi connectivity index (χ1n) is 8.68. The van der Waals surface area contributed by atoms with E-state index in [4.69, 9.17) is 4.74 Å². The molecule has 0 radical (unpaired) electrons. The first kappa shape index (κ1) is 21.3. The van der Waals surface area contributed by atoms with Crippen molar-refractivity contribution in [1.29, 1.82) is 0 Å². The van der Waals surface area contributed by atoms with Crippen molar-refractivity contribution in [2.45, 2.75) is 46.8 Å². The molecule has 142 valence electrons. The molecule has 6 nitrogen and oxygen atoms in total. The van der Waals surface area contributed by atoms with Crippen LogP contribution >= 0.6 is 11.3 Å². The maximum absolute atomic E-state index is 12.0. The molecule has 0 aliphatic carbocycles. The number of hydrogen-bond donors (Lipinski definition) is 2. The van der Waals surface area contributed by atoms with E-state index in [1.165, 1.54) is 5.56 Å². The standard InChI is InChI=1S/C18H32N4O2S/c1-7-19-16(21-11-15-8-9-25-13-15)20-10-14(2)12-22(6)17(23)24-18(3,4)5/h8-9,13-14H,7,10-12H2,1-6H3,(H2,19,20,21). The maximum Gasteiger partial charge on any atom is 0.410 e. The van der Waals surface area contributed by atoms with Gasteiger partial charge in [0.25, 0.3) is 0 Å². The Balaban J connectivity index is 2.44. The van der Waals surface area contributed by atoms with Crippen LogP contribution in [0.25, 0.3) is 0 Å². The van der Waals surface area contributed by atoms with Crippen molar-refractivity contribution in [3.63, 3.8) is 0 Å². The molecule has 0 spiro atoms. The normalized spacial score (nSPS) is 13.3. The van der Waals surface area contributed by atoms with Crippen LogP contribution in [0.4, 0.5) is 4.79 Å². The third-order valence-corrected chi connectivity index (χ3v) is 3.98. The minimum absolute atomic E-state index is 0.266. The molecule has 0 aliphatic rings. The summed E-state index contributed by atoms with van der Waals surface area (Å²) in [6.45, 7) is 12.6. The van der Waals surface area contributed by atoms with Gasteiger partial charge in [0.05, 0.1) is 6.54 Å². The summed E-state index contributed by atoms with van der Waals surface area (Å²) >= 11 is 1.68. The van der Waals surface area contributed by atoms with Gasteiger partial charge in [0.2, 0.25) is 0 Å². The first-order valence-corrected chi connectivity index (χ1v) is 9.63. The smallest absolute Gasteiger partial charge is 0.410 e. The first-order chi connectivity index (χ1) is 11.7. The summed E-state index contributed by atoms with van der Waals surface area (Å²) in [5.41, 5.74) is 0.735. The molecule has 0 saturated carbocycles. The number of aliphatic imine (C=N–C) groups is 1. The lowest BCUT2D eigenvalue weighted by Crippen LogP contribution is -2.42. The van der Waals surface area contributed by atoms with E-state index in [1.54, 1.807) is 23.3 Å². The van der Waals surface area contributed by atoms with Gasteiger partial charge in [0.15, 0.2) is 5.96 Å². The van der Waals surface area contributed by atoms with Crippen LogP contribution in [0.2, 0.25) is 0 Å². The number of nitrogens with zero attached hydrogens (tertiary/aromatic N) is 2. The van der Waals surface area contributed by atoms with Gasteiger partial charge in [0, 0.05) is 26.7 Å². The number of hydrogen-bond acceptors (Lipinski definition) is 4. The molecule has 0 bridgehead atoms. The average molecular weight is 369 g/mol. The van der Waals surface area contributed by atoms with Gasteiger partial charge in [-0.25, -0.2) is 9.79 Å². The second kappa shape index (κ2) is 10.3. The Labute approximate surface area is 155 Å². The molecule has 1 atom stereocenters. The number of thiophene rings is 1. The molecule has 25 heavy (non-hydrogen) atoms. The monoisotopic (exact) mass is 368 g/mol. The Morgan fingerprint density at radius 3 is 2.68 bits per heavy atom. The summed E-state index contributed by atoms with van der Waals surface area (Å²) in [5, 5.41) is 10.7. The summed E-state index contributed by atoms with van der Waals surface area (Å²) in [7, 11) is 1.76. The van der Waals surface area contributed by atoms with Crippen molar-refractivity contribution in [2.24, 2.45) is 10.9 Å². The lowest BCUT2D eigenvalue weighted by Gasteiger charge is -2.26. The summed E-state index contributed by atoms with van der Waals surface area (Å²) < 4.78 is 5.38. The highest BCUT2D eigenvalue weighted by Gasteiger charge is 2.20. The zero-order valence-electron chi connectivity index (χ0n) is 16.3. The van der Waals surface area contributed by atoms with E-state index in [1.807, 2.05) is 27.7 Å². The SMILES string of the molecule is CCNC(=NCc1ccsc1)NCC(C)CN(C)C(=O)OC(C)(C)C. The van der Waals surface area contributed by atoms with Gasteiger partial charge < -0.3 is 20.3 Å². The van der Waals surface area contributed by atoms with Crippen LogP contribution in [-0.4, -0.2) is 49.2 Å². The van der Waals surface area contributed by atoms with E-state index in [-0.39, 0.29) is 12.0 Å². The predicted octanol–water partition coefficient (Wildman–Crippen LogP) is 3.31. The summed E-state index contributed by atoms with van der Waals surface area (Å²) in [6.07, 6.45) is -0.294. The Morgan fingerprint density at radius 1 is 1.40 bits per heavy atom. The average Bonchev–Trinajstić information content (AvgIpc) is 3.01. The zero-order chi connectivity index (χ0) is 18.9. The van der Waals surface area contributed by atoms with Crippen molar-refractivity contribution >= 4 is 23.4 Å². The van der Waals surface area contributed by atoms with E-state index < -0.39 is 5.60 Å². The molecule has 1 heterocycles. The van der Waals surface area contributed by atoms with E-state index in [0.29, 0.717) is 13.1 Å². The van der Waals surface area contributed by atoms with E-state index >= 15 is 0 Å². The number of nitrogens with one attached hydrogen (secondary N) is 2. The van der Waals surface area contributed by atoms with Crippen LogP contribution < -0.4 is 10.6 Å². The fourth-order valence-electron chi connectivity index (χ4n) is 2.11. The molecule has 1 amide bonds. The van der Waals surface area contributed by atoms with Crippen molar-refractivity contribution in [3.8, 4) is 0 Å². The van der Waals surface area contributed by atoms with E-state index in [9.17, 15) is 4.79 Å². The predicted molar refractivity (Wildman–Crippen MR) is 105 cm³/mol. The van der Waals surface area contributed by atoms with Crippen LogP contribution in [0, 0.1) is 5.92 Å². The number of rotatable bonds is 7. The van der Waals surface area contributed by atoms with Gasteiger partial charge in [-0.3, -0.25) is 0 Å². The van der Waals surface area contributed by atoms with Gasteiger partial charge in [0.1, 0.15) is 5.60 Å². The third-order valence-electron chi connectivity index (χ3n) is 3.25. The van der Waals surface area contributed by atoms with Crippen LogP contribution in [0.1, 0.15) is 40.2 Å². The van der Waals surface area contributed by atoms with Crippen LogP contribution in [-0.2, 0) is 11.3 Å². The minimum atomic E-state index is -0.473. The Kier molecular flexibility index (Phi) is 8.75. The highest BCUT2D eigenvalue weighted by atomic mass is 32.1. The van der Waals surface area contributed by atoms with Gasteiger partial charge in [-0.1, -0.05) is 6.92 Å². The zero-order valence-corrected chi connectivity index (χ0v) is 17.1. The van der Waals surface area contributed by atoms with E-state index in [0.717, 1.165) is 19.0 Å². The Bertz CT molecular complexity index is 538. The van der Waals surface area contributed by atoms with Gasteiger partial charge in [-0.05, 0) is 56.0 Å². The second-order valence-electron chi connectivity index (χ2n) is 7.17. The third kappa shape index (κ3) is 9.34. The molecule has 0 fully saturated rings. The minimum Gasteiger partial charge on any atom is -0.444 e. The second-order valence-corrected chi connectivity index (χ2v) is 7.95. The molecule has 2 N–H and O–H groups in total. The van der Waals surface area contributed by atoms with Crippen molar-refractivity contribution in [1.82, 2.24) is 15.5 Å². The fraction of sp³-hybridized carbons (Fsp3) is 0.667. The summed E-state index contributed by atoms with van der Waals surface area (Å²) in [4.78, 5) is 18.2. The van der Waals surface area contributed by atoms with Crippen LogP contribution in [0.3, 0.4) is 0 Å². The molecule has 1 rings (SSSR count). The molecule has 0 saturated heterocycles. The Hall–Kier alpha value is -1.76. The number of ether oxygens (including phenoxy) is 1. The largest absolute Gasteiger partial charge is 0.444 e. The molecule has 0 aromatic carbocycles. The molecule has 1 unspecified atom stereocenters. The van der Waals surface area contributed by atoms with Crippen LogP contribution in [0.15, 0.2) is 21.8 Å². The van der Waals surface area contributed by atoms with E-state index in [2.05, 4.69) is 39.4 Å².